The van der Waals surface area contributed by atoms with Gasteiger partial charge in [-0.3, -0.25) is 0 Å². The molecular weight excluding hydrogens is 218 g/mol. The van der Waals surface area contributed by atoms with Crippen molar-refractivity contribution in [2.45, 2.75) is 27.2 Å². The minimum atomic E-state index is 0.577. The number of rotatable bonds is 3. The lowest BCUT2D eigenvalue weighted by Gasteiger charge is -2.07. The van der Waals surface area contributed by atoms with Crippen molar-refractivity contribution in [3.05, 3.63) is 53.7 Å². The molecule has 1 nitrogen and oxygen atoms in total. The van der Waals surface area contributed by atoms with Crippen LogP contribution in [-0.2, 0) is 13.5 Å². The molecule has 2 rings (SSSR count). The van der Waals surface area contributed by atoms with Crippen LogP contribution in [0.5, 0.6) is 0 Å². The zero-order valence-corrected chi connectivity index (χ0v) is 11.7. The van der Waals surface area contributed by atoms with Gasteiger partial charge in [-0.2, -0.15) is 0 Å². The van der Waals surface area contributed by atoms with Gasteiger partial charge in [-0.25, -0.2) is 4.57 Å². The average molecular weight is 241 g/mol. The lowest BCUT2D eigenvalue weighted by Crippen LogP contribution is -2.31. The number of hydrogen-bond donors (Lipinski definition) is 0. The van der Waals surface area contributed by atoms with E-state index in [1.807, 2.05) is 23.7 Å². The lowest BCUT2D eigenvalue weighted by atomic mass is 10.0. The first-order chi connectivity index (χ1) is 9.00. The second-order valence-corrected chi connectivity index (χ2v) is 5.33. The molecule has 1 heteroatoms. The van der Waals surface area contributed by atoms with Crippen molar-refractivity contribution in [3.63, 3.8) is 0 Å². The Morgan fingerprint density at radius 2 is 1.89 bits per heavy atom. The smallest absolute Gasteiger partial charge is 0.201 e. The molecule has 1 aromatic carbocycles. The van der Waals surface area contributed by atoms with Crippen LogP contribution in [0.2, 0.25) is 0 Å². The first-order valence-electron chi connectivity index (χ1n) is 7.05. The molecule has 0 bridgehead atoms. The van der Waals surface area contributed by atoms with E-state index in [2.05, 4.69) is 45.0 Å². The van der Waals surface area contributed by atoms with Crippen molar-refractivity contribution < 1.29 is 5.94 Å². The van der Waals surface area contributed by atoms with Crippen molar-refractivity contribution in [1.29, 1.82) is 0 Å². The van der Waals surface area contributed by atoms with Crippen LogP contribution in [-0.4, -0.2) is 0 Å². The van der Waals surface area contributed by atoms with Gasteiger partial charge >= 0.3 is 0 Å². The highest BCUT2D eigenvalue weighted by atomic mass is 14.9. The maximum atomic E-state index is 8.31. The molecule has 0 aliphatic heterocycles. The van der Waals surface area contributed by atoms with Gasteiger partial charge in [0.05, 0.1) is 0 Å². The van der Waals surface area contributed by atoms with E-state index >= 15 is 0 Å². The summed E-state index contributed by atoms with van der Waals surface area (Å²) in [4.78, 5) is 0. The van der Waals surface area contributed by atoms with Crippen LogP contribution in [0, 0.1) is 12.8 Å². The summed E-state index contributed by atoms with van der Waals surface area (Å²) in [5.41, 5.74) is 4.68. The Bertz CT molecular complexity index is 588. The van der Waals surface area contributed by atoms with Crippen molar-refractivity contribution in [3.8, 4) is 11.3 Å². The fourth-order valence-corrected chi connectivity index (χ4v) is 2.29. The van der Waals surface area contributed by atoms with Crippen molar-refractivity contribution in [1.82, 2.24) is 0 Å². The zero-order chi connectivity index (χ0) is 14.0. The van der Waals surface area contributed by atoms with Gasteiger partial charge < -0.3 is 0 Å². The molecule has 0 N–H and O–H groups in total. The van der Waals surface area contributed by atoms with Crippen molar-refractivity contribution >= 4 is 0 Å². The van der Waals surface area contributed by atoms with Crippen molar-refractivity contribution in [2.24, 2.45) is 13.0 Å². The van der Waals surface area contributed by atoms with E-state index in [9.17, 15) is 0 Å². The number of aromatic nitrogens is 1. The molecule has 0 unspecified atom stereocenters. The van der Waals surface area contributed by atoms with Crippen LogP contribution >= 0.6 is 0 Å². The van der Waals surface area contributed by atoms with Crippen LogP contribution < -0.4 is 4.57 Å². The first-order valence-corrected chi connectivity index (χ1v) is 6.55. The highest BCUT2D eigenvalue weighted by Crippen LogP contribution is 2.20. The standard InChI is InChI=1S/C17H22N/c1-13(2)11-15-9-10-17(18(4)12-15)16-8-6-5-7-14(16)3/h5-10,12-13H,11H2,1-4H3/q+1/i12D. The summed E-state index contributed by atoms with van der Waals surface area (Å²) in [6.45, 7) is 6.49. The zero-order valence-electron chi connectivity index (χ0n) is 12.7. The first kappa shape index (κ1) is 11.5. The third kappa shape index (κ3) is 2.79. The van der Waals surface area contributed by atoms with Gasteiger partial charge in [0.15, 0.2) is 6.17 Å². The Balaban J connectivity index is 2.50. The molecule has 94 valence electrons. The summed E-state index contributed by atoms with van der Waals surface area (Å²) in [6.07, 6.45) is 1.58. The number of benzene rings is 1. The minimum absolute atomic E-state index is 0.577. The molecule has 0 amide bonds. The summed E-state index contributed by atoms with van der Waals surface area (Å²) in [6, 6.07) is 12.6. The van der Waals surface area contributed by atoms with Gasteiger partial charge in [-0.15, -0.1) is 0 Å². The third-order valence-electron chi connectivity index (χ3n) is 3.16. The quantitative estimate of drug-likeness (QED) is 0.722. The van der Waals surface area contributed by atoms with Gasteiger partial charge in [-0.1, -0.05) is 32.0 Å². The summed E-state index contributed by atoms with van der Waals surface area (Å²) >= 11 is 0. The van der Waals surface area contributed by atoms with Gasteiger partial charge in [0, 0.05) is 17.2 Å². The summed E-state index contributed by atoms with van der Waals surface area (Å²) in [7, 11) is 1.98. The predicted molar refractivity (Wildman–Crippen MR) is 76.3 cm³/mol. The topological polar surface area (TPSA) is 3.88 Å². The molecule has 0 aliphatic carbocycles. The fourth-order valence-electron chi connectivity index (χ4n) is 2.29. The van der Waals surface area contributed by atoms with Gasteiger partial charge in [0.25, 0.3) is 0 Å². The van der Waals surface area contributed by atoms with E-state index in [4.69, 9.17) is 1.37 Å². The Kier molecular flexibility index (Phi) is 3.40. The van der Waals surface area contributed by atoms with Crippen molar-refractivity contribution in [2.75, 3.05) is 0 Å². The summed E-state index contributed by atoms with van der Waals surface area (Å²) in [5.74, 6) is 0.577. The van der Waals surface area contributed by atoms with E-state index in [0.717, 1.165) is 17.7 Å². The normalized spacial score (nSPS) is 11.7. The maximum absolute atomic E-state index is 8.31. The molecule has 0 atom stereocenters. The van der Waals surface area contributed by atoms with Gasteiger partial charge in [-0.05, 0) is 37.0 Å². The largest absolute Gasteiger partial charge is 0.212 e. The van der Waals surface area contributed by atoms with Crippen LogP contribution in [0.15, 0.2) is 42.6 Å². The van der Waals surface area contributed by atoms with E-state index in [1.165, 1.54) is 11.1 Å². The number of nitrogens with zero attached hydrogens (tertiary/aromatic N) is 1. The van der Waals surface area contributed by atoms with Gasteiger partial charge in [0.1, 0.15) is 8.42 Å². The molecule has 1 aromatic heterocycles. The molecule has 0 aliphatic rings. The third-order valence-corrected chi connectivity index (χ3v) is 3.16. The molecule has 2 aromatic rings. The molecule has 0 spiro atoms. The Labute approximate surface area is 112 Å². The Morgan fingerprint density at radius 1 is 1.17 bits per heavy atom. The van der Waals surface area contributed by atoms with Crippen LogP contribution in [0.4, 0.5) is 0 Å². The maximum Gasteiger partial charge on any atom is 0.212 e. The van der Waals surface area contributed by atoms with Crippen LogP contribution in [0.3, 0.4) is 0 Å². The Hall–Kier alpha value is -1.63. The monoisotopic (exact) mass is 241 g/mol. The van der Waals surface area contributed by atoms with E-state index in [-0.39, 0.29) is 0 Å². The average Bonchev–Trinajstić information content (AvgIpc) is 2.36. The van der Waals surface area contributed by atoms with E-state index in [0.29, 0.717) is 12.1 Å². The number of aryl methyl sites for hydroxylation is 1. The fraction of sp³-hybridized carbons (Fsp3) is 0.353. The molecule has 0 fully saturated rings. The van der Waals surface area contributed by atoms with Crippen LogP contribution in [0.1, 0.15) is 26.3 Å². The molecule has 1 heterocycles. The highest BCUT2D eigenvalue weighted by molar-refractivity contribution is 5.60. The molecule has 0 saturated heterocycles. The molecule has 18 heavy (non-hydrogen) atoms. The van der Waals surface area contributed by atoms with E-state index in [1.54, 1.807) is 0 Å². The highest BCUT2D eigenvalue weighted by Gasteiger charge is 2.12. The molecule has 0 radical (unpaired) electrons. The second-order valence-electron chi connectivity index (χ2n) is 5.33. The van der Waals surface area contributed by atoms with E-state index < -0.39 is 0 Å². The second kappa shape index (κ2) is 5.34. The SMILES string of the molecule is [2H]c1c(CC(C)C)ccc(-c2ccccc2C)[n+]1C. The minimum Gasteiger partial charge on any atom is -0.201 e. The number of pyridine rings is 1. The predicted octanol–water partition coefficient (Wildman–Crippen LogP) is 3.69. The van der Waals surface area contributed by atoms with Gasteiger partial charge in [0.2, 0.25) is 5.69 Å². The van der Waals surface area contributed by atoms with Crippen LogP contribution in [0.25, 0.3) is 11.3 Å². The Morgan fingerprint density at radius 3 is 2.56 bits per heavy atom. The number of hydrogen-bond acceptors (Lipinski definition) is 0. The molecule has 0 saturated carbocycles. The summed E-state index contributed by atoms with van der Waals surface area (Å²) < 4.78 is 10.3. The lowest BCUT2D eigenvalue weighted by molar-refractivity contribution is -0.660. The summed E-state index contributed by atoms with van der Waals surface area (Å²) in [5, 5.41) is 0. The molecular formula is C17H22N+.